The van der Waals surface area contributed by atoms with Crippen molar-refractivity contribution in [2.45, 2.75) is 50.1 Å². The number of amides is 3. The smallest absolute Gasteiger partial charge is 0.349 e. The van der Waals surface area contributed by atoms with E-state index in [0.29, 0.717) is 13.1 Å². The number of nitrogens with two attached hydrogens (primary N) is 1. The van der Waals surface area contributed by atoms with Crippen molar-refractivity contribution < 1.29 is 13.8 Å². The highest BCUT2D eigenvalue weighted by Crippen LogP contribution is 2.36. The fraction of sp³-hybridized carbons (Fsp3) is 0.444. The van der Waals surface area contributed by atoms with E-state index in [9.17, 15) is 13.8 Å². The van der Waals surface area contributed by atoms with E-state index in [1.807, 2.05) is 0 Å². The van der Waals surface area contributed by atoms with Gasteiger partial charge in [0.15, 0.2) is 14.9 Å². The molecule has 0 saturated carbocycles. The molecule has 3 amide bonds. The van der Waals surface area contributed by atoms with Crippen LogP contribution in [0.15, 0.2) is 15.5 Å². The molecule has 3 aliphatic rings. The molecule has 1 atom stereocenters. The Morgan fingerprint density at radius 1 is 1.21 bits per heavy atom. The summed E-state index contributed by atoms with van der Waals surface area (Å²) in [5.74, 6) is -0.322. The molecule has 2 aromatic heterocycles. The van der Waals surface area contributed by atoms with Gasteiger partial charge in [0, 0.05) is 24.0 Å². The summed E-state index contributed by atoms with van der Waals surface area (Å²) in [5, 5.41) is 15.4. The van der Waals surface area contributed by atoms with Gasteiger partial charge < -0.3 is 10.6 Å². The van der Waals surface area contributed by atoms with Crippen molar-refractivity contribution >= 4 is 27.5 Å². The van der Waals surface area contributed by atoms with E-state index in [0.717, 1.165) is 66.7 Å². The summed E-state index contributed by atoms with van der Waals surface area (Å²) < 4.78 is 18.1. The van der Waals surface area contributed by atoms with Gasteiger partial charge in [0.2, 0.25) is 0 Å². The fourth-order valence-electron chi connectivity index (χ4n) is 4.29. The average molecular weight is 415 g/mol. The Bertz CT molecular complexity index is 1140. The summed E-state index contributed by atoms with van der Waals surface area (Å²) in [6, 6.07) is 0.553. The second-order valence-electron chi connectivity index (χ2n) is 7.48. The SMILES string of the molecule is NS(=O)(=NC(=O)Nc1c2c(nc3c1CCC3)CCC2)c1cc2n(n1)CCNC2=O. The van der Waals surface area contributed by atoms with E-state index in [1.54, 1.807) is 0 Å². The van der Waals surface area contributed by atoms with E-state index in [-0.39, 0.29) is 16.6 Å². The Hall–Kier alpha value is -2.79. The second-order valence-corrected chi connectivity index (χ2v) is 9.22. The lowest BCUT2D eigenvalue weighted by molar-refractivity contribution is 0.0924. The van der Waals surface area contributed by atoms with Crippen molar-refractivity contribution in [2.24, 2.45) is 9.50 Å². The quantitative estimate of drug-likeness (QED) is 0.668. The molecule has 1 unspecified atom stereocenters. The number of nitrogens with zero attached hydrogens (tertiary/aromatic N) is 4. The molecule has 0 fully saturated rings. The third-order valence-corrected chi connectivity index (χ3v) is 6.84. The summed E-state index contributed by atoms with van der Waals surface area (Å²) in [7, 11) is -3.59. The van der Waals surface area contributed by atoms with Gasteiger partial charge >= 0.3 is 6.03 Å². The maximum atomic E-state index is 12.9. The second kappa shape index (κ2) is 6.63. The first-order valence-electron chi connectivity index (χ1n) is 9.68. The van der Waals surface area contributed by atoms with Crippen LogP contribution in [0.4, 0.5) is 10.5 Å². The zero-order valence-corrected chi connectivity index (χ0v) is 16.5. The van der Waals surface area contributed by atoms with Crippen LogP contribution in [0.3, 0.4) is 0 Å². The molecular weight excluding hydrogens is 394 g/mol. The molecular formula is C18H21N7O3S. The molecule has 0 saturated heterocycles. The van der Waals surface area contributed by atoms with Crippen LogP contribution < -0.4 is 15.8 Å². The summed E-state index contributed by atoms with van der Waals surface area (Å²) in [4.78, 5) is 29.3. The van der Waals surface area contributed by atoms with Crippen molar-refractivity contribution in [3.63, 3.8) is 0 Å². The Morgan fingerprint density at radius 2 is 1.90 bits per heavy atom. The van der Waals surface area contributed by atoms with Crippen LogP contribution in [0, 0.1) is 0 Å². The van der Waals surface area contributed by atoms with Gasteiger partial charge in [-0.15, -0.1) is 4.36 Å². The predicted octanol–water partition coefficient (Wildman–Crippen LogP) is 0.932. The highest BCUT2D eigenvalue weighted by Gasteiger charge is 2.27. The summed E-state index contributed by atoms with van der Waals surface area (Å²) in [6.45, 7) is 0.868. The lowest BCUT2D eigenvalue weighted by Crippen LogP contribution is -2.35. The zero-order chi connectivity index (χ0) is 20.2. The molecule has 4 N–H and O–H groups in total. The molecule has 0 spiro atoms. The first-order chi connectivity index (χ1) is 13.9. The lowest BCUT2D eigenvalue weighted by Gasteiger charge is -2.14. The Kier molecular flexibility index (Phi) is 4.17. The number of nitrogens with one attached hydrogen (secondary N) is 2. The standard InChI is InChI=1S/C18H21N7O3S/c19-29(28,15-9-14-17(26)20-7-8-25(14)23-15)24-18(27)22-16-10-3-1-5-12(10)21-13-6-2-4-11(13)16/h9H,1-8H2,(H,20,26)(H3,19,21,22,24,27,28). The molecule has 2 aromatic rings. The number of carbonyl (C=O) groups excluding carboxylic acids is 2. The van der Waals surface area contributed by atoms with Crippen LogP contribution in [-0.2, 0) is 42.1 Å². The van der Waals surface area contributed by atoms with Crippen molar-refractivity contribution in [2.75, 3.05) is 11.9 Å². The van der Waals surface area contributed by atoms with Crippen LogP contribution in [0.25, 0.3) is 0 Å². The Morgan fingerprint density at radius 3 is 2.55 bits per heavy atom. The zero-order valence-electron chi connectivity index (χ0n) is 15.7. The first kappa shape index (κ1) is 18.3. The van der Waals surface area contributed by atoms with Crippen molar-refractivity contribution in [1.82, 2.24) is 20.1 Å². The molecule has 11 heteroatoms. The van der Waals surface area contributed by atoms with Gasteiger partial charge in [-0.1, -0.05) is 0 Å². The molecule has 10 nitrogen and oxygen atoms in total. The minimum absolute atomic E-state index is 0.0788. The maximum absolute atomic E-state index is 12.9. The van der Waals surface area contributed by atoms with Crippen LogP contribution in [0.2, 0.25) is 0 Å². The van der Waals surface area contributed by atoms with Gasteiger partial charge in [-0.2, -0.15) is 5.10 Å². The fourth-order valence-corrected chi connectivity index (χ4v) is 5.17. The van der Waals surface area contributed by atoms with Crippen LogP contribution in [0.1, 0.15) is 45.8 Å². The lowest BCUT2D eigenvalue weighted by atomic mass is 10.1. The minimum atomic E-state index is -3.59. The summed E-state index contributed by atoms with van der Waals surface area (Å²) in [5.41, 5.74) is 5.17. The summed E-state index contributed by atoms with van der Waals surface area (Å²) in [6.07, 6.45) is 5.51. The molecule has 5 rings (SSSR count). The monoisotopic (exact) mass is 415 g/mol. The minimum Gasteiger partial charge on any atom is -0.349 e. The van der Waals surface area contributed by atoms with Crippen LogP contribution >= 0.6 is 0 Å². The molecule has 0 aromatic carbocycles. The van der Waals surface area contributed by atoms with E-state index in [1.165, 1.54) is 10.7 Å². The van der Waals surface area contributed by atoms with E-state index >= 15 is 0 Å². The Balaban J connectivity index is 1.47. The predicted molar refractivity (Wildman–Crippen MR) is 105 cm³/mol. The molecule has 1 aliphatic heterocycles. The number of rotatable bonds is 2. The van der Waals surface area contributed by atoms with Gasteiger partial charge in [0.25, 0.3) is 5.91 Å². The topological polar surface area (TPSA) is 144 Å². The number of aryl methyl sites for hydroxylation is 2. The van der Waals surface area contributed by atoms with Gasteiger partial charge in [0.05, 0.1) is 12.2 Å². The van der Waals surface area contributed by atoms with Crippen molar-refractivity contribution in [1.29, 1.82) is 0 Å². The van der Waals surface area contributed by atoms with Crippen LogP contribution in [-0.4, -0.2) is 37.5 Å². The number of carbonyl (C=O) groups is 2. The number of hydrogen-bond donors (Lipinski definition) is 3. The molecule has 0 bridgehead atoms. The molecule has 0 radical (unpaired) electrons. The van der Waals surface area contributed by atoms with Gasteiger partial charge in [-0.25, -0.2) is 14.1 Å². The van der Waals surface area contributed by atoms with Crippen molar-refractivity contribution in [3.05, 3.63) is 34.3 Å². The van der Waals surface area contributed by atoms with E-state index in [4.69, 9.17) is 10.1 Å². The number of hydrogen-bond acceptors (Lipinski definition) is 5. The average Bonchev–Trinajstić information content (AvgIpc) is 3.40. The van der Waals surface area contributed by atoms with E-state index < -0.39 is 15.9 Å². The highest BCUT2D eigenvalue weighted by atomic mass is 32.2. The number of anilines is 1. The summed E-state index contributed by atoms with van der Waals surface area (Å²) >= 11 is 0. The molecule has 152 valence electrons. The van der Waals surface area contributed by atoms with Crippen molar-refractivity contribution in [3.8, 4) is 0 Å². The van der Waals surface area contributed by atoms with Gasteiger partial charge in [0.1, 0.15) is 5.69 Å². The highest BCUT2D eigenvalue weighted by molar-refractivity contribution is 7.91. The Labute approximate surface area is 167 Å². The largest absolute Gasteiger partial charge is 0.354 e. The molecule has 29 heavy (non-hydrogen) atoms. The number of aromatic nitrogens is 3. The number of pyridine rings is 1. The molecule has 3 heterocycles. The van der Waals surface area contributed by atoms with Crippen LogP contribution in [0.5, 0.6) is 0 Å². The van der Waals surface area contributed by atoms with Gasteiger partial charge in [-0.05, 0) is 49.7 Å². The third-order valence-electron chi connectivity index (χ3n) is 5.60. The number of fused-ring (bicyclic) bond motifs is 3. The normalized spacial score (nSPS) is 19.0. The first-order valence-corrected chi connectivity index (χ1v) is 11.3. The van der Waals surface area contributed by atoms with Gasteiger partial charge in [-0.3, -0.25) is 14.5 Å². The third kappa shape index (κ3) is 3.10. The maximum Gasteiger partial charge on any atom is 0.354 e. The number of urea groups is 1. The molecule has 2 aliphatic carbocycles. The van der Waals surface area contributed by atoms with E-state index in [2.05, 4.69) is 20.1 Å².